The number of carbonyl (C=O) groups is 2. The van der Waals surface area contributed by atoms with Crippen molar-refractivity contribution in [2.75, 3.05) is 62.9 Å². The lowest BCUT2D eigenvalue weighted by atomic mass is 9.76. The topological polar surface area (TPSA) is 118 Å². The summed E-state index contributed by atoms with van der Waals surface area (Å²) >= 11 is 3.80. The highest BCUT2D eigenvalue weighted by Crippen LogP contribution is 2.59. The zero-order valence-corrected chi connectivity index (χ0v) is 42.0. The number of esters is 2. The fraction of sp³-hybridized carbons (Fsp3) is 0.448. The van der Waals surface area contributed by atoms with Crippen LogP contribution in [0.2, 0.25) is 0 Å². The minimum Gasteiger partial charge on any atom is -0.495 e. The number of hydrogen-bond acceptors (Lipinski definition) is 10. The minimum atomic E-state index is -0.962. The summed E-state index contributed by atoms with van der Waals surface area (Å²) < 4.78 is 26.9. The highest BCUT2D eigenvalue weighted by molar-refractivity contribution is 9.10. The zero-order valence-electron chi connectivity index (χ0n) is 40.4. The van der Waals surface area contributed by atoms with Gasteiger partial charge in [0.05, 0.1) is 25.9 Å². The summed E-state index contributed by atoms with van der Waals surface area (Å²) in [7, 11) is 1.73. The smallest absolute Gasteiger partial charge is 0.306 e. The molecule has 2 saturated heterocycles. The van der Waals surface area contributed by atoms with Gasteiger partial charge >= 0.3 is 11.9 Å². The highest BCUT2D eigenvalue weighted by atomic mass is 79.9. The SMILES string of the molecule is COc1cc2c3c(c4c(c2cc1N1CCCC(OC(=O)CCCCCO)C1)-c1ccc(Br)cc1C4(C)C)C=CC(c1ccccc1)(c1ccc(N2CCCC(COC(=O)CCCCCO)C2)cc1)O3. The van der Waals surface area contributed by atoms with Gasteiger partial charge in [-0.05, 0) is 121 Å². The first-order valence-corrected chi connectivity index (χ1v) is 26.0. The van der Waals surface area contributed by atoms with E-state index in [0.29, 0.717) is 45.3 Å². The number of unbranched alkanes of at least 4 members (excludes halogenated alkanes) is 4. The Labute approximate surface area is 415 Å². The minimum absolute atomic E-state index is 0.135. The van der Waals surface area contributed by atoms with Crippen molar-refractivity contribution in [2.45, 2.75) is 108 Å². The summed E-state index contributed by atoms with van der Waals surface area (Å²) in [6.07, 6.45) is 13.3. The first kappa shape index (κ1) is 48.7. The van der Waals surface area contributed by atoms with Crippen LogP contribution in [0.25, 0.3) is 28.0 Å². The Bertz CT molecular complexity index is 2670. The third-order valence-electron chi connectivity index (χ3n) is 14.9. The molecule has 0 radical (unpaired) electrons. The van der Waals surface area contributed by atoms with Crippen LogP contribution in [0.1, 0.15) is 119 Å². The van der Waals surface area contributed by atoms with Crippen molar-refractivity contribution in [3.05, 3.63) is 123 Å². The van der Waals surface area contributed by atoms with Crippen LogP contribution < -0.4 is 19.3 Å². The number of rotatable bonds is 18. The lowest BCUT2D eigenvalue weighted by Crippen LogP contribution is -2.40. The summed E-state index contributed by atoms with van der Waals surface area (Å²) in [5, 5.41) is 20.3. The van der Waals surface area contributed by atoms with Crippen LogP contribution in [0.15, 0.2) is 95.5 Å². The van der Waals surface area contributed by atoms with Crippen molar-refractivity contribution in [3.63, 3.8) is 0 Å². The molecule has 10 nitrogen and oxygen atoms in total. The third kappa shape index (κ3) is 10.0. The van der Waals surface area contributed by atoms with E-state index in [2.05, 4.69) is 131 Å². The van der Waals surface area contributed by atoms with Crippen molar-refractivity contribution in [1.29, 1.82) is 0 Å². The van der Waals surface area contributed by atoms with Crippen molar-refractivity contribution in [1.82, 2.24) is 0 Å². The number of anilines is 2. The van der Waals surface area contributed by atoms with Gasteiger partial charge in [0.25, 0.3) is 0 Å². The lowest BCUT2D eigenvalue weighted by Gasteiger charge is -2.39. The summed E-state index contributed by atoms with van der Waals surface area (Å²) in [5.41, 5.74) is 8.71. The van der Waals surface area contributed by atoms with Gasteiger partial charge in [-0.25, -0.2) is 0 Å². The molecule has 2 fully saturated rings. The molecule has 69 heavy (non-hydrogen) atoms. The average molecular weight is 1000 g/mol. The number of aliphatic hydroxyl groups excluding tert-OH is 2. The molecule has 0 amide bonds. The zero-order chi connectivity index (χ0) is 48.1. The van der Waals surface area contributed by atoms with E-state index in [1.807, 2.05) is 6.07 Å². The number of nitrogens with zero attached hydrogens (tertiary/aromatic N) is 2. The van der Waals surface area contributed by atoms with Crippen LogP contribution in [0.4, 0.5) is 11.4 Å². The first-order chi connectivity index (χ1) is 33.5. The predicted molar refractivity (Wildman–Crippen MR) is 277 cm³/mol. The normalized spacial score (nSPS) is 20.2. The molecule has 5 aromatic carbocycles. The maximum absolute atomic E-state index is 12.9. The van der Waals surface area contributed by atoms with E-state index in [1.165, 1.54) is 22.3 Å². The van der Waals surface area contributed by atoms with Gasteiger partial charge in [0.2, 0.25) is 0 Å². The second-order valence-corrected chi connectivity index (χ2v) is 20.8. The third-order valence-corrected chi connectivity index (χ3v) is 15.3. The molecule has 3 heterocycles. The molecule has 9 rings (SSSR count). The molecule has 0 aromatic heterocycles. The Morgan fingerprint density at radius 1 is 0.783 bits per heavy atom. The van der Waals surface area contributed by atoms with Crippen LogP contribution in [0.3, 0.4) is 0 Å². The van der Waals surface area contributed by atoms with Gasteiger partial charge in [-0.1, -0.05) is 97.2 Å². The molecule has 5 aromatic rings. The van der Waals surface area contributed by atoms with Crippen LogP contribution in [0.5, 0.6) is 11.5 Å². The fourth-order valence-electron chi connectivity index (χ4n) is 11.3. The second kappa shape index (κ2) is 21.3. The van der Waals surface area contributed by atoms with Gasteiger partial charge < -0.3 is 39.0 Å². The van der Waals surface area contributed by atoms with Crippen molar-refractivity contribution < 1.29 is 38.7 Å². The molecule has 4 aliphatic rings. The monoisotopic (exact) mass is 998 g/mol. The van der Waals surface area contributed by atoms with Gasteiger partial charge in [-0.3, -0.25) is 9.59 Å². The molecule has 0 saturated carbocycles. The van der Waals surface area contributed by atoms with E-state index in [1.54, 1.807) is 7.11 Å². The number of halogens is 1. The van der Waals surface area contributed by atoms with E-state index in [9.17, 15) is 14.7 Å². The Balaban J connectivity index is 1.08. The maximum atomic E-state index is 12.9. The quantitative estimate of drug-likeness (QED) is 0.0649. The number of benzene rings is 5. The van der Waals surface area contributed by atoms with Gasteiger partial charge in [-0.15, -0.1) is 0 Å². The molecule has 3 atom stereocenters. The molecule has 2 N–H and O–H groups in total. The maximum Gasteiger partial charge on any atom is 0.306 e. The molecule has 1 aliphatic carbocycles. The van der Waals surface area contributed by atoms with Crippen LogP contribution in [-0.2, 0) is 30.1 Å². The van der Waals surface area contributed by atoms with E-state index >= 15 is 0 Å². The van der Waals surface area contributed by atoms with Gasteiger partial charge in [0.1, 0.15) is 17.6 Å². The van der Waals surface area contributed by atoms with Crippen LogP contribution in [0, 0.1) is 5.92 Å². The summed E-state index contributed by atoms with van der Waals surface area (Å²) in [6, 6.07) is 30.4. The van der Waals surface area contributed by atoms with Crippen molar-refractivity contribution >= 4 is 56.1 Å². The molecule has 0 bridgehead atoms. The Kier molecular flexibility index (Phi) is 15.0. The van der Waals surface area contributed by atoms with Crippen LogP contribution in [-0.4, -0.2) is 81.4 Å². The second-order valence-electron chi connectivity index (χ2n) is 19.9. The molecule has 3 aliphatic heterocycles. The van der Waals surface area contributed by atoms with E-state index in [-0.39, 0.29) is 42.6 Å². The number of carbonyl (C=O) groups excluding carboxylic acids is 2. The number of piperidine rings is 2. The number of hydrogen-bond donors (Lipinski definition) is 2. The Hall–Kier alpha value is -5.36. The molecule has 0 spiro atoms. The molecule has 3 unspecified atom stereocenters. The molecular weight excluding hydrogens is 933 g/mol. The number of ether oxygens (including phenoxy) is 4. The summed E-state index contributed by atoms with van der Waals surface area (Å²) in [4.78, 5) is 30.2. The van der Waals surface area contributed by atoms with Gasteiger partial charge in [0, 0.05) is 89.3 Å². The lowest BCUT2D eigenvalue weighted by molar-refractivity contribution is -0.149. The largest absolute Gasteiger partial charge is 0.495 e. The number of aliphatic hydroxyl groups is 2. The van der Waals surface area contributed by atoms with Gasteiger partial charge in [0.15, 0.2) is 5.60 Å². The van der Waals surface area contributed by atoms with E-state index in [0.717, 1.165) is 119 Å². The first-order valence-electron chi connectivity index (χ1n) is 25.2. The summed E-state index contributed by atoms with van der Waals surface area (Å²) in [5.74, 6) is 1.46. The molecule has 364 valence electrons. The fourth-order valence-corrected chi connectivity index (χ4v) is 11.7. The van der Waals surface area contributed by atoms with E-state index in [4.69, 9.17) is 24.1 Å². The van der Waals surface area contributed by atoms with E-state index < -0.39 is 5.60 Å². The average Bonchev–Trinajstić information content (AvgIpc) is 3.61. The van der Waals surface area contributed by atoms with Gasteiger partial charge in [-0.2, -0.15) is 0 Å². The predicted octanol–water partition coefficient (Wildman–Crippen LogP) is 11.6. The Morgan fingerprint density at radius 2 is 1.49 bits per heavy atom. The standard InChI is InChI=1S/C58H67BrN2O8/c1-57(2)49-33-42(59)23-26-45(49)54-47-34-50(61-30-14-18-44(37-61)68-53(65)20-10-6-12-32-63)51(66-3)35-48(47)56-46(55(54)57)27-28-58(69-56,40-16-7-4-8-17-40)41-21-24-43(25-22-41)60-29-13-15-39(36-60)38-67-52(64)19-9-5-11-31-62/h4,7-8,16-17,21-28,33-35,39,44,62-63H,5-6,9-15,18-20,29-32,36-38H2,1-3H3. The Morgan fingerprint density at radius 3 is 2.23 bits per heavy atom. The molecule has 11 heteroatoms. The molecular formula is C58H67BrN2O8. The van der Waals surface area contributed by atoms with Crippen molar-refractivity contribution in [3.8, 4) is 22.6 Å². The number of methoxy groups -OCH3 is 1. The highest BCUT2D eigenvalue weighted by Gasteiger charge is 2.45. The van der Waals surface area contributed by atoms with Crippen molar-refractivity contribution in [2.24, 2.45) is 5.92 Å². The van der Waals surface area contributed by atoms with Crippen LogP contribution >= 0.6 is 15.9 Å². The summed E-state index contributed by atoms with van der Waals surface area (Å²) in [6.45, 7) is 8.46. The number of fused-ring (bicyclic) bond motifs is 8.